The Morgan fingerprint density at radius 2 is 1.66 bits per heavy atom. The molecule has 4 rings (SSSR count). The van der Waals surface area contributed by atoms with Gasteiger partial charge in [-0.3, -0.25) is 9.59 Å². The summed E-state index contributed by atoms with van der Waals surface area (Å²) in [6.07, 6.45) is 0. The number of aryl methyl sites for hydroxylation is 2. The monoisotopic (exact) mass is 479 g/mol. The van der Waals surface area contributed by atoms with E-state index in [0.29, 0.717) is 43.2 Å². The van der Waals surface area contributed by atoms with Crippen LogP contribution in [-0.4, -0.2) is 61.2 Å². The average molecular weight is 480 g/mol. The van der Waals surface area contributed by atoms with Crippen molar-refractivity contribution in [2.45, 2.75) is 21.3 Å². The van der Waals surface area contributed by atoms with Crippen molar-refractivity contribution in [2.24, 2.45) is 7.05 Å². The third-order valence-corrected chi connectivity index (χ3v) is 6.22. The first-order chi connectivity index (χ1) is 16.3. The van der Waals surface area contributed by atoms with Gasteiger partial charge in [-0.1, -0.05) is 19.1 Å². The maximum absolute atomic E-state index is 13.2. The summed E-state index contributed by atoms with van der Waals surface area (Å²) in [5.41, 5.74) is 2.60. The normalized spacial score (nSPS) is 13.4. The molecule has 0 aliphatic carbocycles. The van der Waals surface area contributed by atoms with Gasteiger partial charge in [0.05, 0.1) is 24.9 Å². The highest BCUT2D eigenvalue weighted by molar-refractivity contribution is 6.05. The first-order valence-electron chi connectivity index (χ1n) is 11.3. The molecule has 1 saturated heterocycles. The van der Waals surface area contributed by atoms with Gasteiger partial charge in [0.25, 0.3) is 11.5 Å². The van der Waals surface area contributed by atoms with E-state index in [1.54, 1.807) is 50.2 Å². The Hall–Kier alpha value is -3.81. The molecule has 1 fully saturated rings. The second kappa shape index (κ2) is 10.6. The number of benzene rings is 2. The van der Waals surface area contributed by atoms with Gasteiger partial charge in [0.15, 0.2) is 0 Å². The molecular weight excluding hydrogens is 446 g/mol. The first-order valence-corrected chi connectivity index (χ1v) is 11.3. The zero-order valence-corrected chi connectivity index (χ0v) is 20.0. The van der Waals surface area contributed by atoms with Crippen LogP contribution >= 0.6 is 0 Å². The standard InChI is InChI=1S/C26H29N3O5.CH4/c1-5-34-26(32)22-23(20-16-17(2)6-11-21(20)27(3)25(22)31)28-12-14-29(15-13-28)24(30)18-7-9-19(33-4)10-8-18;/h6-11,16H,5,12-15H2,1-4H3;1H4. The van der Waals surface area contributed by atoms with Gasteiger partial charge in [0.2, 0.25) is 0 Å². The SMILES string of the molecule is C.CCOC(=O)c1c(N2CCN(C(=O)c3ccc(OC)cc3)CC2)c2cc(C)ccc2n(C)c1=O. The number of ether oxygens (including phenoxy) is 2. The Balaban J connectivity index is 0.00000342. The molecule has 8 heteroatoms. The summed E-state index contributed by atoms with van der Waals surface area (Å²) in [6.45, 7) is 5.79. The lowest BCUT2D eigenvalue weighted by molar-refractivity contribution is 0.0523. The zero-order chi connectivity index (χ0) is 24.4. The molecule has 3 aromatic rings. The Labute approximate surface area is 205 Å². The summed E-state index contributed by atoms with van der Waals surface area (Å²) < 4.78 is 11.9. The quantitative estimate of drug-likeness (QED) is 0.520. The number of aromatic nitrogens is 1. The van der Waals surface area contributed by atoms with E-state index in [0.717, 1.165) is 16.5 Å². The van der Waals surface area contributed by atoms with Crippen LogP contribution < -0.4 is 15.2 Å². The molecule has 2 aromatic carbocycles. The number of carbonyl (C=O) groups excluding carboxylic acids is 2. The zero-order valence-electron chi connectivity index (χ0n) is 20.0. The maximum atomic E-state index is 13.2. The highest BCUT2D eigenvalue weighted by Gasteiger charge is 2.30. The summed E-state index contributed by atoms with van der Waals surface area (Å²) in [5, 5.41) is 0.820. The van der Waals surface area contributed by atoms with Gasteiger partial charge in [-0.25, -0.2) is 4.79 Å². The fourth-order valence-corrected chi connectivity index (χ4v) is 4.41. The summed E-state index contributed by atoms with van der Waals surface area (Å²) in [7, 11) is 3.25. The largest absolute Gasteiger partial charge is 0.497 e. The molecule has 1 amide bonds. The Morgan fingerprint density at radius 1 is 1.00 bits per heavy atom. The van der Waals surface area contributed by atoms with Crippen molar-refractivity contribution in [1.29, 1.82) is 0 Å². The molecule has 0 spiro atoms. The number of carbonyl (C=O) groups is 2. The second-order valence-corrected chi connectivity index (χ2v) is 8.34. The number of hydrogen-bond donors (Lipinski definition) is 0. The van der Waals surface area contributed by atoms with Gasteiger partial charge in [-0.2, -0.15) is 0 Å². The number of hydrogen-bond acceptors (Lipinski definition) is 6. The molecule has 0 N–H and O–H groups in total. The average Bonchev–Trinajstić information content (AvgIpc) is 2.85. The summed E-state index contributed by atoms with van der Waals surface area (Å²) in [4.78, 5) is 42.9. The molecule has 1 aliphatic rings. The van der Waals surface area contributed by atoms with Crippen LogP contribution in [0.1, 0.15) is 40.6 Å². The summed E-state index contributed by atoms with van der Waals surface area (Å²) >= 11 is 0. The fourth-order valence-electron chi connectivity index (χ4n) is 4.41. The third-order valence-electron chi connectivity index (χ3n) is 6.22. The van der Waals surface area contributed by atoms with Crippen molar-refractivity contribution in [2.75, 3.05) is 44.8 Å². The Bertz CT molecular complexity index is 1290. The van der Waals surface area contributed by atoms with E-state index >= 15 is 0 Å². The number of esters is 1. The number of anilines is 1. The van der Waals surface area contributed by atoms with Crippen molar-refractivity contribution in [3.63, 3.8) is 0 Å². The molecule has 0 saturated carbocycles. The molecular formula is C27H33N3O5. The van der Waals surface area contributed by atoms with Gasteiger partial charge < -0.3 is 23.8 Å². The van der Waals surface area contributed by atoms with Crippen molar-refractivity contribution < 1.29 is 19.1 Å². The second-order valence-electron chi connectivity index (χ2n) is 8.34. The number of pyridine rings is 1. The van der Waals surface area contributed by atoms with Crippen LogP contribution in [0.5, 0.6) is 5.75 Å². The molecule has 8 nitrogen and oxygen atoms in total. The van der Waals surface area contributed by atoms with Crippen LogP contribution in [0.4, 0.5) is 5.69 Å². The first kappa shape index (κ1) is 25.8. The molecule has 35 heavy (non-hydrogen) atoms. The van der Waals surface area contributed by atoms with Gasteiger partial charge in [-0.05, 0) is 50.2 Å². The van der Waals surface area contributed by atoms with Crippen molar-refractivity contribution >= 4 is 28.5 Å². The lowest BCUT2D eigenvalue weighted by Gasteiger charge is -2.37. The van der Waals surface area contributed by atoms with E-state index in [1.807, 2.05) is 30.0 Å². The van der Waals surface area contributed by atoms with Gasteiger partial charge >= 0.3 is 5.97 Å². The summed E-state index contributed by atoms with van der Waals surface area (Å²) in [6, 6.07) is 12.9. The maximum Gasteiger partial charge on any atom is 0.345 e. The highest BCUT2D eigenvalue weighted by atomic mass is 16.5. The van der Waals surface area contributed by atoms with Crippen LogP contribution in [0.2, 0.25) is 0 Å². The molecule has 0 unspecified atom stereocenters. The molecule has 1 aromatic heterocycles. The van der Waals surface area contributed by atoms with Crippen LogP contribution in [-0.2, 0) is 11.8 Å². The summed E-state index contributed by atoms with van der Waals surface area (Å²) in [5.74, 6) is 0.0107. The minimum absolute atomic E-state index is 0. The van der Waals surface area contributed by atoms with Gasteiger partial charge in [0, 0.05) is 44.2 Å². The fraction of sp³-hybridized carbons (Fsp3) is 0.370. The lowest BCUT2D eigenvalue weighted by atomic mass is 10.0. The third kappa shape index (κ3) is 4.87. The van der Waals surface area contributed by atoms with Crippen molar-refractivity contribution in [3.8, 4) is 5.75 Å². The molecule has 0 radical (unpaired) electrons. The van der Waals surface area contributed by atoms with Crippen LogP contribution in [0.15, 0.2) is 47.3 Å². The topological polar surface area (TPSA) is 81.1 Å². The molecule has 0 bridgehead atoms. The van der Waals surface area contributed by atoms with Crippen LogP contribution in [0.25, 0.3) is 10.9 Å². The molecule has 2 heterocycles. The van der Waals surface area contributed by atoms with E-state index in [-0.39, 0.29) is 31.1 Å². The van der Waals surface area contributed by atoms with E-state index < -0.39 is 5.97 Å². The molecule has 186 valence electrons. The number of fused-ring (bicyclic) bond motifs is 1. The molecule has 1 aliphatic heterocycles. The number of amides is 1. The van der Waals surface area contributed by atoms with Gasteiger partial charge in [-0.15, -0.1) is 0 Å². The van der Waals surface area contributed by atoms with Crippen molar-refractivity contribution in [3.05, 3.63) is 69.5 Å². The van der Waals surface area contributed by atoms with Crippen molar-refractivity contribution in [1.82, 2.24) is 9.47 Å². The minimum Gasteiger partial charge on any atom is -0.497 e. The van der Waals surface area contributed by atoms with E-state index in [2.05, 4.69) is 0 Å². The Morgan fingerprint density at radius 3 is 2.26 bits per heavy atom. The number of methoxy groups -OCH3 is 1. The van der Waals surface area contributed by atoms with Crippen LogP contribution in [0.3, 0.4) is 0 Å². The lowest BCUT2D eigenvalue weighted by Crippen LogP contribution is -2.49. The van der Waals surface area contributed by atoms with E-state index in [4.69, 9.17) is 9.47 Å². The number of nitrogens with zero attached hydrogens (tertiary/aromatic N) is 3. The number of rotatable bonds is 5. The molecule has 0 atom stereocenters. The van der Waals surface area contributed by atoms with Crippen LogP contribution in [0, 0.1) is 6.92 Å². The van der Waals surface area contributed by atoms with E-state index in [1.165, 1.54) is 4.57 Å². The van der Waals surface area contributed by atoms with E-state index in [9.17, 15) is 14.4 Å². The predicted octanol–water partition coefficient (Wildman–Crippen LogP) is 3.63. The Kier molecular flexibility index (Phi) is 7.84. The highest BCUT2D eigenvalue weighted by Crippen LogP contribution is 2.31. The number of piperazine rings is 1. The smallest absolute Gasteiger partial charge is 0.345 e. The predicted molar refractivity (Wildman–Crippen MR) is 138 cm³/mol. The van der Waals surface area contributed by atoms with Gasteiger partial charge in [0.1, 0.15) is 11.3 Å². The minimum atomic E-state index is -0.627.